The Morgan fingerprint density at radius 1 is 1.42 bits per heavy atom. The maximum atomic E-state index is 10.7. The lowest BCUT2D eigenvalue weighted by molar-refractivity contribution is 0.109. The second kappa shape index (κ2) is 4.98. The maximum Gasteiger partial charge on any atom is 0.407 e. The zero-order valence-corrected chi connectivity index (χ0v) is 8.00. The van der Waals surface area contributed by atoms with E-state index in [4.69, 9.17) is 0 Å². The summed E-state index contributed by atoms with van der Waals surface area (Å²) in [5.41, 5.74) is 0. The number of amides is 1. The number of hydrogen-bond donors (Lipinski definition) is 2. The standard InChI is InChI=1S/C8H17NO3/c1-5(7(3)10)6(2)9-8(11)12-4/h5-7,10H,1-4H3,(H,9,11). The quantitative estimate of drug-likeness (QED) is 0.665. The number of carbonyl (C=O) groups excluding carboxylic acids is 1. The molecular formula is C8H17NO3. The van der Waals surface area contributed by atoms with Crippen LogP contribution in [-0.4, -0.2) is 30.5 Å². The fourth-order valence-electron chi connectivity index (χ4n) is 0.794. The Bertz CT molecular complexity index is 147. The summed E-state index contributed by atoms with van der Waals surface area (Å²) in [6.45, 7) is 5.39. The third-order valence-corrected chi connectivity index (χ3v) is 2.08. The summed E-state index contributed by atoms with van der Waals surface area (Å²) in [5.74, 6) is 0.0177. The lowest BCUT2D eigenvalue weighted by atomic mass is 9.98. The van der Waals surface area contributed by atoms with Gasteiger partial charge in [-0.1, -0.05) is 6.92 Å². The van der Waals surface area contributed by atoms with E-state index in [0.717, 1.165) is 0 Å². The SMILES string of the molecule is COC(=O)NC(C)C(C)C(C)O. The molecule has 0 aromatic rings. The number of alkyl carbamates (subject to hydrolysis) is 1. The van der Waals surface area contributed by atoms with Gasteiger partial charge in [0.05, 0.1) is 13.2 Å². The van der Waals surface area contributed by atoms with Crippen molar-refractivity contribution >= 4 is 6.09 Å². The van der Waals surface area contributed by atoms with Crippen molar-refractivity contribution in [2.24, 2.45) is 5.92 Å². The first-order valence-electron chi connectivity index (χ1n) is 4.01. The van der Waals surface area contributed by atoms with Crippen molar-refractivity contribution in [3.05, 3.63) is 0 Å². The Balaban J connectivity index is 3.86. The van der Waals surface area contributed by atoms with Crippen molar-refractivity contribution in [2.75, 3.05) is 7.11 Å². The van der Waals surface area contributed by atoms with Gasteiger partial charge in [-0.15, -0.1) is 0 Å². The van der Waals surface area contributed by atoms with Crippen LogP contribution in [0.25, 0.3) is 0 Å². The molecule has 2 N–H and O–H groups in total. The van der Waals surface area contributed by atoms with E-state index in [-0.39, 0.29) is 12.0 Å². The molecule has 12 heavy (non-hydrogen) atoms. The molecule has 3 unspecified atom stereocenters. The Morgan fingerprint density at radius 2 is 1.92 bits per heavy atom. The fourth-order valence-corrected chi connectivity index (χ4v) is 0.794. The predicted octanol–water partition coefficient (Wildman–Crippen LogP) is 0.748. The van der Waals surface area contributed by atoms with Gasteiger partial charge in [0.2, 0.25) is 0 Å². The minimum atomic E-state index is -0.463. The number of methoxy groups -OCH3 is 1. The summed E-state index contributed by atoms with van der Waals surface area (Å²) in [7, 11) is 1.31. The molecule has 0 radical (unpaired) electrons. The molecule has 72 valence electrons. The van der Waals surface area contributed by atoms with Gasteiger partial charge in [0, 0.05) is 12.0 Å². The highest BCUT2D eigenvalue weighted by atomic mass is 16.5. The predicted molar refractivity (Wildman–Crippen MR) is 45.8 cm³/mol. The van der Waals surface area contributed by atoms with Crippen LogP contribution in [0.3, 0.4) is 0 Å². The maximum absolute atomic E-state index is 10.7. The van der Waals surface area contributed by atoms with Gasteiger partial charge in [0.15, 0.2) is 0 Å². The molecule has 0 rings (SSSR count). The van der Waals surface area contributed by atoms with Gasteiger partial charge in [0.25, 0.3) is 0 Å². The van der Waals surface area contributed by atoms with Crippen molar-refractivity contribution in [2.45, 2.75) is 32.9 Å². The second-order valence-corrected chi connectivity index (χ2v) is 3.02. The lowest BCUT2D eigenvalue weighted by Gasteiger charge is -2.22. The molecule has 0 saturated heterocycles. The van der Waals surface area contributed by atoms with Crippen LogP contribution in [-0.2, 0) is 4.74 Å². The molecule has 4 nitrogen and oxygen atoms in total. The molecule has 0 aliphatic carbocycles. The average Bonchev–Trinajstić information content (AvgIpc) is 2.02. The minimum Gasteiger partial charge on any atom is -0.453 e. The van der Waals surface area contributed by atoms with Gasteiger partial charge in [-0.2, -0.15) is 0 Å². The molecular weight excluding hydrogens is 158 g/mol. The highest BCUT2D eigenvalue weighted by Gasteiger charge is 2.18. The van der Waals surface area contributed by atoms with E-state index >= 15 is 0 Å². The molecule has 0 aliphatic heterocycles. The van der Waals surface area contributed by atoms with E-state index in [1.54, 1.807) is 6.92 Å². The second-order valence-electron chi connectivity index (χ2n) is 3.02. The molecule has 0 aliphatic rings. The van der Waals surface area contributed by atoms with E-state index in [1.165, 1.54) is 7.11 Å². The van der Waals surface area contributed by atoms with Crippen molar-refractivity contribution in [3.63, 3.8) is 0 Å². The van der Waals surface area contributed by atoms with Gasteiger partial charge in [0.1, 0.15) is 0 Å². The van der Waals surface area contributed by atoms with Crippen LogP contribution < -0.4 is 5.32 Å². The molecule has 3 atom stereocenters. The van der Waals surface area contributed by atoms with Gasteiger partial charge in [-0.3, -0.25) is 0 Å². The molecule has 0 aromatic heterocycles. The van der Waals surface area contributed by atoms with Crippen molar-refractivity contribution < 1.29 is 14.6 Å². The van der Waals surface area contributed by atoms with Gasteiger partial charge >= 0.3 is 6.09 Å². The van der Waals surface area contributed by atoms with E-state index in [0.29, 0.717) is 0 Å². The van der Waals surface area contributed by atoms with Gasteiger partial charge in [-0.05, 0) is 13.8 Å². The van der Waals surface area contributed by atoms with Crippen LogP contribution in [0.2, 0.25) is 0 Å². The van der Waals surface area contributed by atoms with Crippen LogP contribution in [0.1, 0.15) is 20.8 Å². The van der Waals surface area contributed by atoms with Crippen LogP contribution >= 0.6 is 0 Å². The topological polar surface area (TPSA) is 58.6 Å². The van der Waals surface area contributed by atoms with Crippen molar-refractivity contribution in [1.29, 1.82) is 0 Å². The molecule has 0 bridgehead atoms. The number of nitrogens with one attached hydrogen (secondary N) is 1. The molecule has 4 heteroatoms. The third-order valence-electron chi connectivity index (χ3n) is 2.08. The van der Waals surface area contributed by atoms with Gasteiger partial charge in [-0.25, -0.2) is 4.79 Å². The lowest BCUT2D eigenvalue weighted by Crippen LogP contribution is -2.40. The summed E-state index contributed by atoms with van der Waals surface area (Å²) >= 11 is 0. The van der Waals surface area contributed by atoms with Crippen LogP contribution in [0.4, 0.5) is 4.79 Å². The number of carbonyl (C=O) groups is 1. The number of ether oxygens (including phenoxy) is 1. The van der Waals surface area contributed by atoms with Crippen LogP contribution in [0, 0.1) is 5.92 Å². The van der Waals surface area contributed by atoms with Gasteiger partial charge < -0.3 is 15.2 Å². The largest absolute Gasteiger partial charge is 0.453 e. The normalized spacial score (nSPS) is 17.8. The van der Waals surface area contributed by atoms with E-state index in [2.05, 4.69) is 10.1 Å². The van der Waals surface area contributed by atoms with Crippen molar-refractivity contribution in [1.82, 2.24) is 5.32 Å². The third kappa shape index (κ3) is 3.57. The average molecular weight is 175 g/mol. The molecule has 0 fully saturated rings. The molecule has 1 amide bonds. The highest BCUT2D eigenvalue weighted by molar-refractivity contribution is 5.67. The molecule has 0 heterocycles. The zero-order chi connectivity index (χ0) is 9.72. The molecule has 0 aromatic carbocycles. The summed E-state index contributed by atoms with van der Waals surface area (Å²) in [4.78, 5) is 10.7. The number of aliphatic hydroxyl groups excluding tert-OH is 1. The van der Waals surface area contributed by atoms with Crippen LogP contribution in [0.5, 0.6) is 0 Å². The molecule has 0 spiro atoms. The van der Waals surface area contributed by atoms with Crippen LogP contribution in [0.15, 0.2) is 0 Å². The first-order chi connectivity index (χ1) is 5.49. The fraction of sp³-hybridized carbons (Fsp3) is 0.875. The summed E-state index contributed by atoms with van der Waals surface area (Å²) in [5, 5.41) is 11.8. The zero-order valence-electron chi connectivity index (χ0n) is 8.00. The summed E-state index contributed by atoms with van der Waals surface area (Å²) in [6, 6.07) is -0.0857. The first-order valence-corrected chi connectivity index (χ1v) is 4.01. The minimum absolute atomic E-state index is 0.0177. The Kier molecular flexibility index (Phi) is 4.66. The Labute approximate surface area is 72.9 Å². The van der Waals surface area contributed by atoms with Crippen molar-refractivity contribution in [3.8, 4) is 0 Å². The number of hydrogen-bond acceptors (Lipinski definition) is 3. The monoisotopic (exact) mass is 175 g/mol. The van der Waals surface area contributed by atoms with E-state index in [9.17, 15) is 9.90 Å². The molecule has 0 saturated carbocycles. The highest BCUT2D eigenvalue weighted by Crippen LogP contribution is 2.07. The summed E-state index contributed by atoms with van der Waals surface area (Å²) in [6.07, 6.45) is -0.896. The number of aliphatic hydroxyl groups is 1. The smallest absolute Gasteiger partial charge is 0.407 e. The first kappa shape index (κ1) is 11.2. The Morgan fingerprint density at radius 3 is 2.25 bits per heavy atom. The Hall–Kier alpha value is -0.770. The number of rotatable bonds is 3. The summed E-state index contributed by atoms with van der Waals surface area (Å²) < 4.78 is 4.42. The van der Waals surface area contributed by atoms with E-state index < -0.39 is 12.2 Å². The van der Waals surface area contributed by atoms with E-state index in [1.807, 2.05) is 13.8 Å².